The van der Waals surface area contributed by atoms with E-state index in [1.54, 1.807) is 18.2 Å². The molecule has 4 nitrogen and oxygen atoms in total. The summed E-state index contributed by atoms with van der Waals surface area (Å²) in [7, 11) is 0. The Morgan fingerprint density at radius 1 is 1.50 bits per heavy atom. The number of thiocarbonyl (C=S) groups is 1. The Labute approximate surface area is 74.4 Å². The van der Waals surface area contributed by atoms with Crippen molar-refractivity contribution < 1.29 is 4.92 Å². The molecule has 0 aliphatic carbocycles. The van der Waals surface area contributed by atoms with Crippen molar-refractivity contribution in [3.05, 3.63) is 34.4 Å². The van der Waals surface area contributed by atoms with Crippen LogP contribution in [0.2, 0.25) is 0 Å². The van der Waals surface area contributed by atoms with Crippen LogP contribution in [0.1, 0.15) is 0 Å². The van der Waals surface area contributed by atoms with Gasteiger partial charge in [-0.3, -0.25) is 10.1 Å². The fourth-order valence-corrected chi connectivity index (χ4v) is 0.945. The standard InChI is InChI=1S/C7H6N2O2S/c10-9(11)7-4-2-1-3-6(7)8-5-12/h1-5H,(H,8,12). The van der Waals surface area contributed by atoms with Crippen molar-refractivity contribution in [2.75, 3.05) is 5.32 Å². The normalized spacial score (nSPS) is 9.00. The van der Waals surface area contributed by atoms with Crippen molar-refractivity contribution in [1.82, 2.24) is 0 Å². The van der Waals surface area contributed by atoms with Crippen molar-refractivity contribution in [3.63, 3.8) is 0 Å². The Morgan fingerprint density at radius 2 is 2.17 bits per heavy atom. The van der Waals surface area contributed by atoms with E-state index in [9.17, 15) is 10.1 Å². The molecule has 1 aromatic carbocycles. The summed E-state index contributed by atoms with van der Waals surface area (Å²) < 4.78 is 0. The van der Waals surface area contributed by atoms with Crippen LogP contribution in [-0.4, -0.2) is 10.4 Å². The lowest BCUT2D eigenvalue weighted by Crippen LogP contribution is -1.97. The predicted octanol–water partition coefficient (Wildman–Crippen LogP) is 1.96. The number of anilines is 1. The maximum atomic E-state index is 10.4. The SMILES string of the molecule is O=[N+]([O-])c1ccccc1NC=S. The minimum absolute atomic E-state index is 0.0265. The zero-order valence-electron chi connectivity index (χ0n) is 6.06. The van der Waals surface area contributed by atoms with E-state index in [2.05, 4.69) is 17.5 Å². The fourth-order valence-electron chi connectivity index (χ4n) is 0.818. The van der Waals surface area contributed by atoms with Crippen molar-refractivity contribution >= 4 is 29.1 Å². The molecule has 1 aromatic rings. The van der Waals surface area contributed by atoms with Gasteiger partial charge >= 0.3 is 0 Å². The number of para-hydroxylation sites is 2. The van der Waals surface area contributed by atoms with E-state index in [-0.39, 0.29) is 5.69 Å². The van der Waals surface area contributed by atoms with E-state index in [1.807, 2.05) is 0 Å². The smallest absolute Gasteiger partial charge is 0.292 e. The maximum Gasteiger partial charge on any atom is 0.292 e. The first-order valence-electron chi connectivity index (χ1n) is 3.19. The third-order valence-corrected chi connectivity index (χ3v) is 1.43. The summed E-state index contributed by atoms with van der Waals surface area (Å²) in [4.78, 5) is 9.96. The zero-order valence-corrected chi connectivity index (χ0v) is 6.88. The van der Waals surface area contributed by atoms with E-state index in [0.717, 1.165) is 0 Å². The molecule has 0 fully saturated rings. The van der Waals surface area contributed by atoms with Gasteiger partial charge in [0.15, 0.2) is 0 Å². The number of rotatable bonds is 3. The lowest BCUT2D eigenvalue weighted by atomic mass is 10.3. The summed E-state index contributed by atoms with van der Waals surface area (Å²) in [6, 6.07) is 6.32. The molecule has 0 spiro atoms. The highest BCUT2D eigenvalue weighted by Crippen LogP contribution is 2.22. The molecule has 0 amide bonds. The first-order chi connectivity index (χ1) is 5.75. The van der Waals surface area contributed by atoms with Gasteiger partial charge in [0.1, 0.15) is 5.69 Å². The van der Waals surface area contributed by atoms with Gasteiger partial charge in [0, 0.05) is 6.07 Å². The molecule has 1 rings (SSSR count). The van der Waals surface area contributed by atoms with E-state index in [0.29, 0.717) is 5.69 Å². The molecule has 0 aromatic heterocycles. The van der Waals surface area contributed by atoms with Gasteiger partial charge in [-0.2, -0.15) is 0 Å². The van der Waals surface area contributed by atoms with Crippen LogP contribution in [0.15, 0.2) is 24.3 Å². The molecule has 12 heavy (non-hydrogen) atoms. The largest absolute Gasteiger partial charge is 0.347 e. The lowest BCUT2D eigenvalue weighted by Gasteiger charge is -1.99. The molecule has 0 aliphatic heterocycles. The Bertz CT molecular complexity index is 314. The number of nitrogens with one attached hydrogen (secondary N) is 1. The molecule has 0 saturated carbocycles. The van der Waals surface area contributed by atoms with Gasteiger partial charge in [0.2, 0.25) is 0 Å². The van der Waals surface area contributed by atoms with Crippen LogP contribution in [0.3, 0.4) is 0 Å². The zero-order chi connectivity index (χ0) is 8.97. The van der Waals surface area contributed by atoms with Gasteiger partial charge in [0.25, 0.3) is 5.69 Å². The van der Waals surface area contributed by atoms with Crippen LogP contribution < -0.4 is 5.32 Å². The Hall–Kier alpha value is -1.49. The van der Waals surface area contributed by atoms with Crippen LogP contribution in [0, 0.1) is 10.1 Å². The van der Waals surface area contributed by atoms with Crippen LogP contribution in [0.5, 0.6) is 0 Å². The average molecular weight is 182 g/mol. The minimum atomic E-state index is -0.457. The third-order valence-electron chi connectivity index (χ3n) is 1.32. The monoisotopic (exact) mass is 182 g/mol. The number of hydrogen-bond acceptors (Lipinski definition) is 3. The topological polar surface area (TPSA) is 55.2 Å². The first-order valence-corrected chi connectivity index (χ1v) is 3.66. The van der Waals surface area contributed by atoms with E-state index in [1.165, 1.54) is 11.6 Å². The first kappa shape index (κ1) is 8.61. The van der Waals surface area contributed by atoms with Crippen molar-refractivity contribution in [2.24, 2.45) is 0 Å². The van der Waals surface area contributed by atoms with Crippen LogP contribution in [-0.2, 0) is 0 Å². The number of nitro benzene ring substituents is 1. The summed E-state index contributed by atoms with van der Waals surface area (Å²) in [5, 5.41) is 13.0. The molecule has 0 saturated heterocycles. The summed E-state index contributed by atoms with van der Waals surface area (Å²) in [6.07, 6.45) is 0. The third kappa shape index (κ3) is 1.76. The summed E-state index contributed by atoms with van der Waals surface area (Å²) in [5.74, 6) is 0. The molecular weight excluding hydrogens is 176 g/mol. The van der Waals surface area contributed by atoms with Crippen molar-refractivity contribution in [2.45, 2.75) is 0 Å². The van der Waals surface area contributed by atoms with Gasteiger partial charge in [-0.15, -0.1) is 0 Å². The lowest BCUT2D eigenvalue weighted by molar-refractivity contribution is -0.383. The Balaban J connectivity index is 3.07. The van der Waals surface area contributed by atoms with Gasteiger partial charge in [-0.25, -0.2) is 0 Å². The van der Waals surface area contributed by atoms with Crippen molar-refractivity contribution in [1.29, 1.82) is 0 Å². The van der Waals surface area contributed by atoms with Crippen LogP contribution in [0.25, 0.3) is 0 Å². The summed E-state index contributed by atoms with van der Waals surface area (Å²) in [6.45, 7) is 0. The Morgan fingerprint density at radius 3 is 2.75 bits per heavy atom. The Kier molecular flexibility index (Phi) is 2.71. The summed E-state index contributed by atoms with van der Waals surface area (Å²) >= 11 is 4.52. The summed E-state index contributed by atoms with van der Waals surface area (Å²) in [5.41, 5.74) is 1.68. The highest BCUT2D eigenvalue weighted by Gasteiger charge is 2.09. The minimum Gasteiger partial charge on any atom is -0.347 e. The number of hydrogen-bond donors (Lipinski definition) is 1. The number of benzene rings is 1. The predicted molar refractivity (Wildman–Crippen MR) is 50.4 cm³/mol. The molecule has 5 heteroatoms. The van der Waals surface area contributed by atoms with Crippen LogP contribution in [0.4, 0.5) is 11.4 Å². The quantitative estimate of drug-likeness (QED) is 0.441. The maximum absolute atomic E-state index is 10.4. The van der Waals surface area contributed by atoms with E-state index < -0.39 is 4.92 Å². The van der Waals surface area contributed by atoms with E-state index >= 15 is 0 Å². The van der Waals surface area contributed by atoms with Gasteiger partial charge in [0.05, 0.1) is 10.4 Å². The molecular formula is C7H6N2O2S. The van der Waals surface area contributed by atoms with Gasteiger partial charge < -0.3 is 5.32 Å². The molecule has 0 unspecified atom stereocenters. The second-order valence-corrected chi connectivity index (χ2v) is 2.27. The van der Waals surface area contributed by atoms with Gasteiger partial charge in [-0.1, -0.05) is 24.4 Å². The molecule has 0 atom stereocenters. The molecule has 1 N–H and O–H groups in total. The molecule has 0 aliphatic rings. The highest BCUT2D eigenvalue weighted by atomic mass is 32.1. The van der Waals surface area contributed by atoms with Gasteiger partial charge in [-0.05, 0) is 6.07 Å². The van der Waals surface area contributed by atoms with E-state index in [4.69, 9.17) is 0 Å². The number of nitro groups is 1. The average Bonchev–Trinajstić information content (AvgIpc) is 2.05. The molecule has 62 valence electrons. The molecule has 0 heterocycles. The fraction of sp³-hybridized carbons (Fsp3) is 0. The van der Waals surface area contributed by atoms with Crippen LogP contribution >= 0.6 is 12.2 Å². The highest BCUT2D eigenvalue weighted by molar-refractivity contribution is 7.79. The number of nitrogens with zero attached hydrogens (tertiary/aromatic N) is 1. The second-order valence-electron chi connectivity index (χ2n) is 2.04. The molecule has 0 bridgehead atoms. The molecule has 0 radical (unpaired) electrons. The second kappa shape index (κ2) is 3.77. The van der Waals surface area contributed by atoms with Crippen molar-refractivity contribution in [3.8, 4) is 0 Å².